The van der Waals surface area contributed by atoms with E-state index >= 15 is 0 Å². The molecule has 29 heavy (non-hydrogen) atoms. The summed E-state index contributed by atoms with van der Waals surface area (Å²) in [6.45, 7) is 6.40. The van der Waals surface area contributed by atoms with E-state index in [2.05, 4.69) is 12.2 Å². The number of nitrogens with one attached hydrogen (secondary N) is 1. The Kier molecular flexibility index (Phi) is 5.35. The Balaban J connectivity index is 1.43. The van der Waals surface area contributed by atoms with Crippen LogP contribution < -0.4 is 15.1 Å². The van der Waals surface area contributed by atoms with Gasteiger partial charge >= 0.3 is 6.09 Å². The van der Waals surface area contributed by atoms with Crippen molar-refractivity contribution in [2.75, 3.05) is 49.2 Å². The number of carbonyl (C=O) groups is 2. The molecule has 1 aromatic carbocycles. The molecule has 0 saturated carbocycles. The Hall–Kier alpha value is -2.39. The second-order valence-corrected chi connectivity index (χ2v) is 7.79. The van der Waals surface area contributed by atoms with Gasteiger partial charge in [-0.3, -0.25) is 9.69 Å². The molecule has 1 N–H and O–H groups in total. The Labute approximate surface area is 168 Å². The summed E-state index contributed by atoms with van der Waals surface area (Å²) in [6, 6.07) is 4.77. The molecule has 9 heteroatoms. The van der Waals surface area contributed by atoms with Crippen molar-refractivity contribution in [3.63, 3.8) is 0 Å². The summed E-state index contributed by atoms with van der Waals surface area (Å²) in [4.78, 5) is 26.6. The number of hydrogen-bond donors (Lipinski definition) is 1. The minimum absolute atomic E-state index is 0.112. The number of halogens is 1. The van der Waals surface area contributed by atoms with Crippen molar-refractivity contribution in [2.45, 2.75) is 32.2 Å². The molecule has 3 aliphatic rings. The lowest BCUT2D eigenvalue weighted by Gasteiger charge is -2.43. The van der Waals surface area contributed by atoms with Crippen molar-refractivity contribution in [1.82, 2.24) is 5.32 Å². The predicted octanol–water partition coefficient (Wildman–Crippen LogP) is 1.88. The van der Waals surface area contributed by atoms with E-state index in [-0.39, 0.29) is 24.9 Å². The van der Waals surface area contributed by atoms with Gasteiger partial charge in [-0.1, -0.05) is 6.92 Å². The van der Waals surface area contributed by atoms with E-state index in [4.69, 9.17) is 14.2 Å². The number of nitrogens with zero attached hydrogens (tertiary/aromatic N) is 2. The van der Waals surface area contributed by atoms with E-state index in [1.807, 2.05) is 4.90 Å². The molecule has 3 aliphatic heterocycles. The average Bonchev–Trinajstić information content (AvgIpc) is 3.30. The van der Waals surface area contributed by atoms with Gasteiger partial charge in [0, 0.05) is 32.4 Å². The van der Waals surface area contributed by atoms with E-state index in [0.717, 1.165) is 0 Å². The molecular weight excluding hydrogens is 381 g/mol. The molecular formula is C20H26FN3O5. The van der Waals surface area contributed by atoms with Crippen molar-refractivity contribution >= 4 is 23.4 Å². The van der Waals surface area contributed by atoms with Crippen LogP contribution in [0.25, 0.3) is 0 Å². The van der Waals surface area contributed by atoms with E-state index in [1.165, 1.54) is 17.9 Å². The zero-order valence-electron chi connectivity index (χ0n) is 16.7. The number of carbonyl (C=O) groups excluding carboxylic acids is 2. The lowest BCUT2D eigenvalue weighted by Crippen LogP contribution is -2.51. The third-order valence-corrected chi connectivity index (χ3v) is 5.79. The topological polar surface area (TPSA) is 80.3 Å². The fourth-order valence-corrected chi connectivity index (χ4v) is 4.23. The van der Waals surface area contributed by atoms with Crippen LogP contribution in [0, 0.1) is 11.7 Å². The van der Waals surface area contributed by atoms with E-state index < -0.39 is 23.8 Å². The maximum absolute atomic E-state index is 14.9. The summed E-state index contributed by atoms with van der Waals surface area (Å²) in [6.07, 6.45) is -0.324. The van der Waals surface area contributed by atoms with Crippen LogP contribution in [0.2, 0.25) is 0 Å². The Morgan fingerprint density at radius 3 is 2.72 bits per heavy atom. The minimum atomic E-state index is -0.546. The SMILES string of the molecule is CC(=O)NCC1CN(c2ccc(N3CCC4(OCCO4)C(C)C3)c(F)c2)C(=O)O1. The summed E-state index contributed by atoms with van der Waals surface area (Å²) in [5, 5.41) is 2.62. The number of anilines is 2. The number of benzene rings is 1. The van der Waals surface area contributed by atoms with Crippen LogP contribution in [0.15, 0.2) is 18.2 Å². The van der Waals surface area contributed by atoms with Gasteiger partial charge in [0.2, 0.25) is 5.91 Å². The van der Waals surface area contributed by atoms with Crippen molar-refractivity contribution in [3.8, 4) is 0 Å². The van der Waals surface area contributed by atoms with Crippen LogP contribution in [0.3, 0.4) is 0 Å². The smallest absolute Gasteiger partial charge is 0.414 e. The maximum atomic E-state index is 14.9. The molecule has 2 unspecified atom stereocenters. The van der Waals surface area contributed by atoms with E-state index in [0.29, 0.717) is 44.1 Å². The zero-order chi connectivity index (χ0) is 20.6. The van der Waals surface area contributed by atoms with Crippen LogP contribution >= 0.6 is 0 Å². The number of piperidine rings is 1. The third-order valence-electron chi connectivity index (χ3n) is 5.79. The average molecular weight is 407 g/mol. The summed E-state index contributed by atoms with van der Waals surface area (Å²) >= 11 is 0. The Morgan fingerprint density at radius 2 is 2.07 bits per heavy atom. The monoisotopic (exact) mass is 407 g/mol. The molecule has 1 aromatic rings. The standard InChI is InChI=1S/C20H26FN3O5/c1-13-11-23(6-5-20(13)27-7-8-28-20)18-4-3-15(9-17(18)21)24-12-16(29-19(24)26)10-22-14(2)25/h3-4,9,13,16H,5-8,10-12H2,1-2H3,(H,22,25). The summed E-state index contributed by atoms with van der Waals surface area (Å²) in [5.41, 5.74) is 0.932. The zero-order valence-corrected chi connectivity index (χ0v) is 16.7. The number of ether oxygens (including phenoxy) is 3. The maximum Gasteiger partial charge on any atom is 0.414 e. The molecule has 8 nitrogen and oxygen atoms in total. The number of rotatable bonds is 4. The first-order valence-corrected chi connectivity index (χ1v) is 9.93. The lowest BCUT2D eigenvalue weighted by atomic mass is 9.92. The molecule has 0 radical (unpaired) electrons. The van der Waals surface area contributed by atoms with Crippen LogP contribution in [0.1, 0.15) is 20.3 Å². The highest BCUT2D eigenvalue weighted by Crippen LogP contribution is 2.38. The highest BCUT2D eigenvalue weighted by Gasteiger charge is 2.46. The van der Waals surface area contributed by atoms with Gasteiger partial charge in [-0.25, -0.2) is 9.18 Å². The third kappa shape index (κ3) is 3.89. The first-order valence-electron chi connectivity index (χ1n) is 9.93. The second-order valence-electron chi connectivity index (χ2n) is 7.79. The van der Waals surface area contributed by atoms with Gasteiger partial charge in [0.05, 0.1) is 37.7 Å². The van der Waals surface area contributed by atoms with Crippen LogP contribution in [0.5, 0.6) is 0 Å². The molecule has 0 bridgehead atoms. The van der Waals surface area contributed by atoms with Crippen molar-refractivity contribution in [1.29, 1.82) is 0 Å². The summed E-state index contributed by atoms with van der Waals surface area (Å²) < 4.78 is 31.8. The van der Waals surface area contributed by atoms with Gasteiger partial charge in [0.1, 0.15) is 11.9 Å². The highest BCUT2D eigenvalue weighted by molar-refractivity contribution is 5.90. The van der Waals surface area contributed by atoms with Gasteiger partial charge in [-0.05, 0) is 18.2 Å². The fourth-order valence-electron chi connectivity index (χ4n) is 4.23. The van der Waals surface area contributed by atoms with E-state index in [1.54, 1.807) is 12.1 Å². The molecule has 2 atom stereocenters. The first kappa shape index (κ1) is 19.9. The van der Waals surface area contributed by atoms with Crippen molar-refractivity contribution in [3.05, 3.63) is 24.0 Å². The number of cyclic esters (lactones) is 1. The molecule has 3 fully saturated rings. The Bertz CT molecular complexity index is 798. The Morgan fingerprint density at radius 1 is 1.31 bits per heavy atom. The molecule has 1 spiro atoms. The summed E-state index contributed by atoms with van der Waals surface area (Å²) in [7, 11) is 0. The van der Waals surface area contributed by atoms with Crippen molar-refractivity contribution < 1.29 is 28.2 Å². The predicted molar refractivity (Wildman–Crippen MR) is 103 cm³/mol. The molecule has 2 amide bonds. The normalized spacial score (nSPS) is 26.1. The van der Waals surface area contributed by atoms with E-state index in [9.17, 15) is 14.0 Å². The van der Waals surface area contributed by atoms with Gasteiger partial charge < -0.3 is 24.4 Å². The van der Waals surface area contributed by atoms with Crippen LogP contribution in [-0.2, 0) is 19.0 Å². The molecule has 4 rings (SSSR count). The number of amides is 2. The second kappa shape index (κ2) is 7.79. The summed E-state index contributed by atoms with van der Waals surface area (Å²) in [5.74, 6) is -1.02. The van der Waals surface area contributed by atoms with Gasteiger partial charge in [-0.15, -0.1) is 0 Å². The quantitative estimate of drug-likeness (QED) is 0.821. The van der Waals surface area contributed by atoms with Crippen LogP contribution in [-0.4, -0.2) is 63.3 Å². The molecule has 158 valence electrons. The molecule has 3 saturated heterocycles. The first-order chi connectivity index (χ1) is 13.9. The molecule has 0 aromatic heterocycles. The van der Waals surface area contributed by atoms with Crippen molar-refractivity contribution in [2.24, 2.45) is 5.92 Å². The largest absolute Gasteiger partial charge is 0.442 e. The van der Waals surface area contributed by atoms with Gasteiger partial charge in [0.15, 0.2) is 5.79 Å². The number of hydrogen-bond acceptors (Lipinski definition) is 6. The highest BCUT2D eigenvalue weighted by atomic mass is 19.1. The lowest BCUT2D eigenvalue weighted by molar-refractivity contribution is -0.199. The minimum Gasteiger partial charge on any atom is -0.442 e. The molecule has 0 aliphatic carbocycles. The molecule has 3 heterocycles. The fraction of sp³-hybridized carbons (Fsp3) is 0.600. The van der Waals surface area contributed by atoms with Gasteiger partial charge in [-0.2, -0.15) is 0 Å². The van der Waals surface area contributed by atoms with Crippen LogP contribution in [0.4, 0.5) is 20.6 Å². The van der Waals surface area contributed by atoms with Gasteiger partial charge in [0.25, 0.3) is 0 Å².